The minimum Gasteiger partial charge on any atom is -0.220 e. The van der Waals surface area contributed by atoms with Gasteiger partial charge in [0.1, 0.15) is 16.1 Å². The summed E-state index contributed by atoms with van der Waals surface area (Å²) in [5, 5.41) is 0.869. The fourth-order valence-electron chi connectivity index (χ4n) is 2.13. The molecule has 1 aliphatic rings. The number of hydrogen-bond donors (Lipinski definition) is 0. The maximum atomic E-state index is 6.29. The Morgan fingerprint density at radius 3 is 2.05 bits per heavy atom. The van der Waals surface area contributed by atoms with E-state index in [1.807, 2.05) is 24.3 Å². The first-order valence-corrected chi connectivity index (χ1v) is 7.69. The van der Waals surface area contributed by atoms with Gasteiger partial charge in [0.05, 0.1) is 5.56 Å². The predicted octanol–water partition coefficient (Wildman–Crippen LogP) is 5.48. The van der Waals surface area contributed by atoms with Crippen LogP contribution >= 0.6 is 39.1 Å². The number of nitrogens with zero attached hydrogens (tertiary/aromatic N) is 2. The monoisotopic (exact) mass is 356 g/mol. The minimum absolute atomic E-state index is 0.425. The minimum atomic E-state index is 0.425. The van der Waals surface area contributed by atoms with E-state index < -0.39 is 0 Å². The zero-order chi connectivity index (χ0) is 13.4. The molecule has 0 N–H and O–H groups in total. The highest BCUT2D eigenvalue weighted by molar-refractivity contribution is 9.10. The van der Waals surface area contributed by atoms with Gasteiger partial charge < -0.3 is 0 Å². The summed E-state index contributed by atoms with van der Waals surface area (Å²) in [5.74, 6) is 1.20. The van der Waals surface area contributed by atoms with Gasteiger partial charge in [-0.3, -0.25) is 0 Å². The number of hydrogen-bond acceptors (Lipinski definition) is 2. The van der Waals surface area contributed by atoms with Crippen LogP contribution in [0.4, 0.5) is 0 Å². The van der Waals surface area contributed by atoms with Crippen LogP contribution in [0.1, 0.15) is 31.0 Å². The summed E-state index contributed by atoms with van der Waals surface area (Å²) in [6.07, 6.45) is 3.49. The van der Waals surface area contributed by atoms with Crippen LogP contribution in [0.5, 0.6) is 0 Å². The van der Waals surface area contributed by atoms with Gasteiger partial charge in [-0.1, -0.05) is 57.7 Å². The molecule has 2 aromatic rings. The summed E-state index contributed by atoms with van der Waals surface area (Å²) in [6.45, 7) is 0. The van der Waals surface area contributed by atoms with Crippen LogP contribution < -0.4 is 0 Å². The zero-order valence-electron chi connectivity index (χ0n) is 10.0. The van der Waals surface area contributed by atoms with Gasteiger partial charge >= 0.3 is 0 Å². The van der Waals surface area contributed by atoms with Crippen molar-refractivity contribution in [3.63, 3.8) is 0 Å². The molecule has 0 amide bonds. The number of halogens is 3. The van der Waals surface area contributed by atoms with E-state index in [-0.39, 0.29) is 0 Å². The molecule has 0 atom stereocenters. The Morgan fingerprint density at radius 1 is 1.00 bits per heavy atom. The lowest BCUT2D eigenvalue weighted by Crippen LogP contribution is -2.13. The lowest BCUT2D eigenvalue weighted by molar-refractivity contribution is 0.401. The van der Waals surface area contributed by atoms with Crippen LogP contribution in [-0.4, -0.2) is 9.97 Å². The Labute approximate surface area is 130 Å². The predicted molar refractivity (Wildman–Crippen MR) is 81.8 cm³/mol. The Hall–Kier alpha value is -0.640. The third-order valence-corrected chi connectivity index (χ3v) is 4.52. The first-order valence-electron chi connectivity index (χ1n) is 6.14. The third kappa shape index (κ3) is 2.64. The van der Waals surface area contributed by atoms with Crippen LogP contribution in [0.2, 0.25) is 10.3 Å². The van der Waals surface area contributed by atoms with Crippen LogP contribution in [0.15, 0.2) is 28.7 Å². The normalized spacial score (nSPS) is 15.3. The second kappa shape index (κ2) is 5.39. The number of aromatic nitrogens is 2. The average molecular weight is 358 g/mol. The Morgan fingerprint density at radius 2 is 1.58 bits per heavy atom. The van der Waals surface area contributed by atoms with Crippen LogP contribution in [0.25, 0.3) is 11.1 Å². The Bertz CT molecular complexity index is 586. The quantitative estimate of drug-likeness (QED) is 0.665. The molecule has 0 spiro atoms. The van der Waals surface area contributed by atoms with Crippen LogP contribution in [0.3, 0.4) is 0 Å². The topological polar surface area (TPSA) is 25.8 Å². The zero-order valence-corrected chi connectivity index (χ0v) is 13.1. The molecule has 1 heterocycles. The molecule has 5 heteroatoms. The van der Waals surface area contributed by atoms with Crippen molar-refractivity contribution in [2.75, 3.05) is 0 Å². The molecule has 98 valence electrons. The van der Waals surface area contributed by atoms with Gasteiger partial charge in [-0.15, -0.1) is 0 Å². The molecule has 0 radical (unpaired) electrons. The molecule has 2 nitrogen and oxygen atoms in total. The highest BCUT2D eigenvalue weighted by Gasteiger charge is 2.24. The average Bonchev–Trinajstić information content (AvgIpc) is 2.28. The number of benzene rings is 1. The fourth-order valence-corrected chi connectivity index (χ4v) is 3.01. The fraction of sp³-hybridized carbons (Fsp3) is 0.286. The first kappa shape index (κ1) is 13.3. The lowest BCUT2D eigenvalue weighted by Gasteiger charge is -2.24. The first-order chi connectivity index (χ1) is 9.15. The highest BCUT2D eigenvalue weighted by atomic mass is 79.9. The Balaban J connectivity index is 2.04. The van der Waals surface area contributed by atoms with Gasteiger partial charge in [0.25, 0.3) is 0 Å². The second-order valence-electron chi connectivity index (χ2n) is 4.67. The Kier molecular flexibility index (Phi) is 3.79. The molecule has 1 aromatic carbocycles. The SMILES string of the molecule is Clc1nc(C2CCC2)nc(Cl)c1-c1ccc(Br)cc1. The number of rotatable bonds is 2. The third-order valence-electron chi connectivity index (χ3n) is 3.44. The van der Waals surface area contributed by atoms with Crippen molar-refractivity contribution in [3.8, 4) is 11.1 Å². The van der Waals surface area contributed by atoms with Gasteiger partial charge in [-0.25, -0.2) is 9.97 Å². The van der Waals surface area contributed by atoms with Crippen LogP contribution in [0, 0.1) is 0 Å². The van der Waals surface area contributed by atoms with E-state index in [4.69, 9.17) is 23.2 Å². The van der Waals surface area contributed by atoms with Gasteiger partial charge in [0.15, 0.2) is 0 Å². The molecule has 0 bridgehead atoms. The molecule has 1 aliphatic carbocycles. The van der Waals surface area contributed by atoms with E-state index in [2.05, 4.69) is 25.9 Å². The molecular weight excluding hydrogens is 347 g/mol. The van der Waals surface area contributed by atoms with Crippen LogP contribution in [-0.2, 0) is 0 Å². The molecule has 0 aliphatic heterocycles. The van der Waals surface area contributed by atoms with E-state index in [1.54, 1.807) is 0 Å². The molecule has 1 aromatic heterocycles. The summed E-state index contributed by atoms with van der Waals surface area (Å²) < 4.78 is 1.01. The van der Waals surface area contributed by atoms with E-state index in [0.717, 1.165) is 28.7 Å². The molecule has 0 unspecified atom stereocenters. The maximum absolute atomic E-state index is 6.29. The molecule has 0 saturated heterocycles. The van der Waals surface area contributed by atoms with Gasteiger partial charge in [-0.05, 0) is 30.5 Å². The summed E-state index contributed by atoms with van der Waals surface area (Å²) in [7, 11) is 0. The van der Waals surface area contributed by atoms with E-state index in [1.165, 1.54) is 6.42 Å². The summed E-state index contributed by atoms with van der Waals surface area (Å²) in [6, 6.07) is 7.79. The second-order valence-corrected chi connectivity index (χ2v) is 6.30. The molecular formula is C14H11BrCl2N2. The molecule has 1 saturated carbocycles. The van der Waals surface area contributed by atoms with E-state index in [0.29, 0.717) is 21.8 Å². The van der Waals surface area contributed by atoms with Crippen molar-refractivity contribution < 1.29 is 0 Å². The van der Waals surface area contributed by atoms with Crippen molar-refractivity contribution in [1.82, 2.24) is 9.97 Å². The maximum Gasteiger partial charge on any atom is 0.142 e. The van der Waals surface area contributed by atoms with E-state index >= 15 is 0 Å². The molecule has 1 fully saturated rings. The van der Waals surface area contributed by atoms with Gasteiger partial charge in [0.2, 0.25) is 0 Å². The van der Waals surface area contributed by atoms with Crippen molar-refractivity contribution in [3.05, 3.63) is 44.9 Å². The van der Waals surface area contributed by atoms with E-state index in [9.17, 15) is 0 Å². The van der Waals surface area contributed by atoms with Crippen molar-refractivity contribution in [2.45, 2.75) is 25.2 Å². The standard InChI is InChI=1S/C14H11BrCl2N2/c15-10-6-4-8(5-7-10)11-12(16)18-14(19-13(11)17)9-2-1-3-9/h4-7,9H,1-3H2. The summed E-state index contributed by atoms with van der Waals surface area (Å²) >= 11 is 16.0. The van der Waals surface area contributed by atoms with Crippen molar-refractivity contribution in [1.29, 1.82) is 0 Å². The van der Waals surface area contributed by atoms with Crippen molar-refractivity contribution >= 4 is 39.1 Å². The largest absolute Gasteiger partial charge is 0.220 e. The molecule has 3 rings (SSSR count). The highest BCUT2D eigenvalue weighted by Crippen LogP contribution is 2.38. The summed E-state index contributed by atoms with van der Waals surface area (Å²) in [4.78, 5) is 8.83. The van der Waals surface area contributed by atoms with Crippen molar-refractivity contribution in [2.24, 2.45) is 0 Å². The smallest absolute Gasteiger partial charge is 0.142 e. The van der Waals surface area contributed by atoms with Gasteiger partial charge in [0, 0.05) is 10.4 Å². The molecule has 19 heavy (non-hydrogen) atoms. The van der Waals surface area contributed by atoms with Gasteiger partial charge in [-0.2, -0.15) is 0 Å². The summed E-state index contributed by atoms with van der Waals surface area (Å²) in [5.41, 5.74) is 1.64. The lowest BCUT2D eigenvalue weighted by atomic mass is 9.85.